The van der Waals surface area contributed by atoms with Gasteiger partial charge >= 0.3 is 0 Å². The molecule has 0 unspecified atom stereocenters. The van der Waals surface area contributed by atoms with E-state index in [0.29, 0.717) is 11.4 Å². The van der Waals surface area contributed by atoms with Crippen LogP contribution >= 0.6 is 0 Å². The molecule has 1 N–H and O–H groups in total. The highest BCUT2D eigenvalue weighted by Gasteiger charge is 2.16. The number of carbonyl (C=O) groups is 1. The third-order valence-corrected chi connectivity index (χ3v) is 2.56. The van der Waals surface area contributed by atoms with E-state index < -0.39 is 0 Å². The van der Waals surface area contributed by atoms with Crippen molar-refractivity contribution in [1.29, 1.82) is 0 Å². The van der Waals surface area contributed by atoms with E-state index >= 15 is 0 Å². The van der Waals surface area contributed by atoms with E-state index in [-0.39, 0.29) is 11.7 Å². The van der Waals surface area contributed by atoms with E-state index in [1.165, 1.54) is 15.6 Å². The molecule has 5 nitrogen and oxygen atoms in total. The van der Waals surface area contributed by atoms with Crippen molar-refractivity contribution < 1.29 is 9.90 Å². The van der Waals surface area contributed by atoms with Crippen molar-refractivity contribution >= 4 is 11.6 Å². The lowest BCUT2D eigenvalue weighted by Gasteiger charge is -2.17. The number of anilines is 1. The zero-order valence-electron chi connectivity index (χ0n) is 9.66. The first kappa shape index (κ1) is 11.2. The van der Waals surface area contributed by atoms with E-state index in [0.717, 1.165) is 0 Å². The van der Waals surface area contributed by atoms with Crippen LogP contribution in [0.15, 0.2) is 36.5 Å². The van der Waals surface area contributed by atoms with Crippen molar-refractivity contribution in [2.24, 2.45) is 7.05 Å². The van der Waals surface area contributed by atoms with Gasteiger partial charge in [0.2, 0.25) is 0 Å². The number of benzene rings is 1. The second kappa shape index (κ2) is 4.29. The predicted octanol–water partition coefficient (Wildman–Crippen LogP) is 1.40. The summed E-state index contributed by atoms with van der Waals surface area (Å²) in [4.78, 5) is 13.6. The van der Waals surface area contributed by atoms with Crippen LogP contribution in [-0.4, -0.2) is 27.8 Å². The quantitative estimate of drug-likeness (QED) is 0.850. The molecule has 0 aliphatic carbocycles. The lowest BCUT2D eigenvalue weighted by atomic mass is 10.2. The van der Waals surface area contributed by atoms with Crippen LogP contribution < -0.4 is 4.90 Å². The molecule has 0 aliphatic rings. The molecular formula is C12H13N3O2. The van der Waals surface area contributed by atoms with Gasteiger partial charge < -0.3 is 10.0 Å². The summed E-state index contributed by atoms with van der Waals surface area (Å²) in [5.41, 5.74) is 1.13. The summed E-state index contributed by atoms with van der Waals surface area (Å²) < 4.78 is 1.52. The Morgan fingerprint density at radius 3 is 2.76 bits per heavy atom. The maximum Gasteiger partial charge on any atom is 0.276 e. The van der Waals surface area contributed by atoms with Crippen LogP contribution in [0.25, 0.3) is 0 Å². The first-order valence-electron chi connectivity index (χ1n) is 5.14. The molecule has 88 valence electrons. The summed E-state index contributed by atoms with van der Waals surface area (Å²) in [6.45, 7) is 0. The number of hydrogen-bond donors (Lipinski definition) is 1. The summed E-state index contributed by atoms with van der Waals surface area (Å²) in [6, 6.07) is 8.20. The van der Waals surface area contributed by atoms with Gasteiger partial charge in [0.1, 0.15) is 11.4 Å². The molecule has 0 saturated heterocycles. The Bertz CT molecular complexity index is 548. The molecular weight excluding hydrogens is 218 g/mol. The molecule has 0 spiro atoms. The van der Waals surface area contributed by atoms with Crippen LogP contribution in [0.2, 0.25) is 0 Å². The second-order valence-corrected chi connectivity index (χ2v) is 3.72. The summed E-state index contributed by atoms with van der Waals surface area (Å²) in [5, 5.41) is 13.3. The highest BCUT2D eigenvalue weighted by Crippen LogP contribution is 2.20. The first-order chi connectivity index (χ1) is 8.09. The Morgan fingerprint density at radius 1 is 1.41 bits per heavy atom. The molecule has 1 aromatic heterocycles. The maximum atomic E-state index is 12.1. The lowest BCUT2D eigenvalue weighted by molar-refractivity contribution is 0.0984. The molecule has 1 amide bonds. The number of aromatic nitrogens is 2. The molecule has 0 saturated carbocycles. The van der Waals surface area contributed by atoms with E-state index in [1.807, 2.05) is 0 Å². The summed E-state index contributed by atoms with van der Waals surface area (Å²) in [5.74, 6) is -0.0391. The molecule has 5 heteroatoms. The third-order valence-electron chi connectivity index (χ3n) is 2.56. The zero-order chi connectivity index (χ0) is 12.4. The number of phenolic OH excluding ortho intramolecular Hbond substituents is 1. The van der Waals surface area contributed by atoms with Crippen LogP contribution in [0.3, 0.4) is 0 Å². The van der Waals surface area contributed by atoms with Gasteiger partial charge in [0, 0.05) is 32.0 Å². The number of rotatable bonds is 2. The van der Waals surface area contributed by atoms with E-state index in [2.05, 4.69) is 5.10 Å². The molecule has 2 rings (SSSR count). The minimum atomic E-state index is -0.171. The number of carbonyl (C=O) groups excluding carboxylic acids is 1. The van der Waals surface area contributed by atoms with Gasteiger partial charge in [0.15, 0.2) is 0 Å². The largest absolute Gasteiger partial charge is 0.508 e. The van der Waals surface area contributed by atoms with E-state index in [1.54, 1.807) is 44.6 Å². The minimum Gasteiger partial charge on any atom is -0.508 e. The van der Waals surface area contributed by atoms with Gasteiger partial charge in [-0.3, -0.25) is 9.48 Å². The molecule has 1 aromatic carbocycles. The highest BCUT2D eigenvalue weighted by molar-refractivity contribution is 6.04. The van der Waals surface area contributed by atoms with Crippen LogP contribution in [-0.2, 0) is 7.05 Å². The molecule has 0 radical (unpaired) electrons. The Labute approximate surface area is 98.9 Å². The number of nitrogens with zero attached hydrogens (tertiary/aromatic N) is 3. The molecule has 17 heavy (non-hydrogen) atoms. The van der Waals surface area contributed by atoms with Crippen LogP contribution in [0.4, 0.5) is 5.69 Å². The van der Waals surface area contributed by atoms with Gasteiger partial charge in [0.05, 0.1) is 0 Å². The van der Waals surface area contributed by atoms with Gasteiger partial charge in [-0.25, -0.2) is 0 Å². The smallest absolute Gasteiger partial charge is 0.276 e. The average Bonchev–Trinajstić information content (AvgIpc) is 2.73. The van der Waals surface area contributed by atoms with Crippen LogP contribution in [0.5, 0.6) is 5.75 Å². The van der Waals surface area contributed by atoms with Crippen molar-refractivity contribution in [2.75, 3.05) is 11.9 Å². The summed E-state index contributed by atoms with van der Waals surface area (Å²) >= 11 is 0. The summed E-state index contributed by atoms with van der Waals surface area (Å²) in [7, 11) is 3.37. The summed E-state index contributed by atoms with van der Waals surface area (Å²) in [6.07, 6.45) is 1.57. The average molecular weight is 231 g/mol. The third kappa shape index (κ3) is 2.13. The maximum absolute atomic E-state index is 12.1. The Morgan fingerprint density at radius 2 is 2.18 bits per heavy atom. The standard InChI is InChI=1S/C12H13N3O2/c1-14(9-4-3-5-10(16)8-9)12(17)11-6-7-13-15(11)2/h3-8,16H,1-2H3. The van der Waals surface area contributed by atoms with Crippen molar-refractivity contribution in [1.82, 2.24) is 9.78 Å². The molecule has 1 heterocycles. The van der Waals surface area contributed by atoms with Crippen LogP contribution in [0.1, 0.15) is 10.5 Å². The molecule has 2 aromatic rings. The number of hydrogen-bond acceptors (Lipinski definition) is 3. The fourth-order valence-electron chi connectivity index (χ4n) is 1.57. The SMILES string of the molecule is CN(C(=O)c1ccnn1C)c1cccc(O)c1. The molecule has 0 bridgehead atoms. The lowest BCUT2D eigenvalue weighted by Crippen LogP contribution is -2.28. The van der Waals surface area contributed by atoms with Crippen molar-refractivity contribution in [3.8, 4) is 5.75 Å². The monoisotopic (exact) mass is 231 g/mol. The fourth-order valence-corrected chi connectivity index (χ4v) is 1.57. The van der Waals surface area contributed by atoms with E-state index in [4.69, 9.17) is 0 Å². The van der Waals surface area contributed by atoms with Gasteiger partial charge in [0.25, 0.3) is 5.91 Å². The number of amides is 1. The number of phenols is 1. The zero-order valence-corrected chi connectivity index (χ0v) is 9.66. The van der Waals surface area contributed by atoms with Crippen LogP contribution in [0, 0.1) is 0 Å². The first-order valence-corrected chi connectivity index (χ1v) is 5.14. The van der Waals surface area contributed by atoms with Gasteiger partial charge in [-0.15, -0.1) is 0 Å². The molecule has 0 atom stereocenters. The highest BCUT2D eigenvalue weighted by atomic mass is 16.3. The number of aromatic hydroxyl groups is 1. The van der Waals surface area contributed by atoms with E-state index in [9.17, 15) is 9.90 Å². The molecule has 0 aliphatic heterocycles. The number of aryl methyl sites for hydroxylation is 1. The Balaban J connectivity index is 2.30. The topological polar surface area (TPSA) is 58.4 Å². The Hall–Kier alpha value is -2.30. The minimum absolute atomic E-state index is 0.132. The van der Waals surface area contributed by atoms with Crippen molar-refractivity contribution in [3.05, 3.63) is 42.2 Å². The normalized spacial score (nSPS) is 10.2. The fraction of sp³-hybridized carbons (Fsp3) is 0.167. The molecule has 0 fully saturated rings. The van der Waals surface area contributed by atoms with Crippen molar-refractivity contribution in [3.63, 3.8) is 0 Å². The van der Waals surface area contributed by atoms with Crippen molar-refractivity contribution in [2.45, 2.75) is 0 Å². The van der Waals surface area contributed by atoms with Gasteiger partial charge in [-0.05, 0) is 18.2 Å². The van der Waals surface area contributed by atoms with Gasteiger partial charge in [-0.1, -0.05) is 6.07 Å². The Kier molecular flexibility index (Phi) is 2.82. The second-order valence-electron chi connectivity index (χ2n) is 3.72. The van der Waals surface area contributed by atoms with Gasteiger partial charge in [-0.2, -0.15) is 5.10 Å². The predicted molar refractivity (Wildman–Crippen MR) is 64.0 cm³/mol.